The minimum Gasteiger partial charge on any atom is -0.326 e. The molecule has 3 nitrogen and oxygen atoms in total. The first-order chi connectivity index (χ1) is 8.18. The molecule has 92 valence electrons. The van der Waals surface area contributed by atoms with E-state index in [1.807, 2.05) is 12.4 Å². The third-order valence-corrected chi connectivity index (χ3v) is 2.95. The van der Waals surface area contributed by atoms with Crippen LogP contribution < -0.4 is 5.32 Å². The summed E-state index contributed by atoms with van der Waals surface area (Å²) in [6, 6.07) is 8.71. The Balaban J connectivity index is 2.06. The van der Waals surface area contributed by atoms with Gasteiger partial charge in [0.05, 0.1) is 17.4 Å². The van der Waals surface area contributed by atoms with Gasteiger partial charge in [0.25, 0.3) is 0 Å². The molecule has 0 radical (unpaired) electrons. The van der Waals surface area contributed by atoms with Crippen molar-refractivity contribution in [3.8, 4) is 0 Å². The molecular weight excluding hydrogens is 210 g/mol. The standard InChI is InChI=1S/C14H21N3/c1-11(2)8-15-9-12(3)17-10-16-13-6-4-5-7-14(13)17/h4-7,10-12,15H,8-9H2,1-3H3. The maximum absolute atomic E-state index is 4.42. The average molecular weight is 231 g/mol. The van der Waals surface area contributed by atoms with Crippen molar-refractivity contribution < 1.29 is 0 Å². The van der Waals surface area contributed by atoms with Crippen LogP contribution in [0.3, 0.4) is 0 Å². The Hall–Kier alpha value is -1.35. The highest BCUT2D eigenvalue weighted by molar-refractivity contribution is 5.75. The Morgan fingerprint density at radius 3 is 2.71 bits per heavy atom. The summed E-state index contributed by atoms with van der Waals surface area (Å²) >= 11 is 0. The molecule has 0 saturated heterocycles. The summed E-state index contributed by atoms with van der Waals surface area (Å²) in [5.74, 6) is 0.696. The number of rotatable bonds is 5. The predicted octanol–water partition coefficient (Wildman–Crippen LogP) is 2.84. The number of fused-ring (bicyclic) bond motifs is 1. The number of para-hydroxylation sites is 2. The van der Waals surface area contributed by atoms with Crippen molar-refractivity contribution in [2.45, 2.75) is 26.8 Å². The molecule has 0 spiro atoms. The molecule has 17 heavy (non-hydrogen) atoms. The SMILES string of the molecule is CC(C)CNCC(C)n1cnc2ccccc21. The molecule has 1 heterocycles. The molecule has 2 rings (SSSR count). The molecule has 2 aromatic rings. The zero-order valence-corrected chi connectivity index (χ0v) is 10.9. The van der Waals surface area contributed by atoms with Gasteiger partial charge in [-0.25, -0.2) is 4.98 Å². The summed E-state index contributed by atoms with van der Waals surface area (Å²) in [6.07, 6.45) is 1.94. The van der Waals surface area contributed by atoms with Gasteiger partial charge in [-0.15, -0.1) is 0 Å². The first-order valence-corrected chi connectivity index (χ1v) is 6.30. The number of nitrogens with zero attached hydrogens (tertiary/aromatic N) is 2. The van der Waals surface area contributed by atoms with Gasteiger partial charge >= 0.3 is 0 Å². The fourth-order valence-corrected chi connectivity index (χ4v) is 2.01. The Kier molecular flexibility index (Phi) is 3.79. The molecule has 0 aliphatic heterocycles. The summed E-state index contributed by atoms with van der Waals surface area (Å²) in [4.78, 5) is 4.42. The highest BCUT2D eigenvalue weighted by Crippen LogP contribution is 2.16. The second-order valence-electron chi connectivity index (χ2n) is 5.04. The molecule has 0 amide bonds. The fourth-order valence-electron chi connectivity index (χ4n) is 2.01. The summed E-state index contributed by atoms with van der Waals surface area (Å²) in [5.41, 5.74) is 2.29. The summed E-state index contributed by atoms with van der Waals surface area (Å²) in [5, 5.41) is 3.49. The van der Waals surface area contributed by atoms with Gasteiger partial charge in [-0.3, -0.25) is 0 Å². The van der Waals surface area contributed by atoms with Gasteiger partial charge in [0.2, 0.25) is 0 Å². The zero-order valence-electron chi connectivity index (χ0n) is 10.9. The Labute approximate surface area is 103 Å². The minimum atomic E-state index is 0.432. The molecule has 1 aromatic heterocycles. The van der Waals surface area contributed by atoms with Crippen molar-refractivity contribution in [2.24, 2.45) is 5.92 Å². The summed E-state index contributed by atoms with van der Waals surface area (Å²) < 4.78 is 2.24. The van der Waals surface area contributed by atoms with Crippen LogP contribution in [-0.4, -0.2) is 22.6 Å². The molecule has 1 unspecified atom stereocenters. The van der Waals surface area contributed by atoms with Crippen molar-refractivity contribution in [3.63, 3.8) is 0 Å². The molecule has 1 atom stereocenters. The van der Waals surface area contributed by atoms with E-state index in [9.17, 15) is 0 Å². The van der Waals surface area contributed by atoms with Gasteiger partial charge in [-0.2, -0.15) is 0 Å². The Morgan fingerprint density at radius 2 is 1.94 bits per heavy atom. The molecule has 0 aliphatic carbocycles. The molecule has 0 bridgehead atoms. The van der Waals surface area contributed by atoms with Crippen LogP contribution in [0.25, 0.3) is 11.0 Å². The third-order valence-electron chi connectivity index (χ3n) is 2.95. The number of nitrogens with one attached hydrogen (secondary N) is 1. The van der Waals surface area contributed by atoms with E-state index in [0.29, 0.717) is 12.0 Å². The number of benzene rings is 1. The van der Waals surface area contributed by atoms with Crippen molar-refractivity contribution in [1.82, 2.24) is 14.9 Å². The lowest BCUT2D eigenvalue weighted by Crippen LogP contribution is -2.26. The molecule has 3 heteroatoms. The Morgan fingerprint density at radius 1 is 1.18 bits per heavy atom. The molecule has 0 fully saturated rings. The highest BCUT2D eigenvalue weighted by Gasteiger charge is 2.08. The molecule has 0 aliphatic rings. The lowest BCUT2D eigenvalue weighted by atomic mass is 10.2. The van der Waals surface area contributed by atoms with Crippen molar-refractivity contribution in [2.75, 3.05) is 13.1 Å². The van der Waals surface area contributed by atoms with E-state index in [4.69, 9.17) is 0 Å². The normalized spacial score (nSPS) is 13.4. The lowest BCUT2D eigenvalue weighted by molar-refractivity contribution is 0.470. The van der Waals surface area contributed by atoms with Gasteiger partial charge in [0.1, 0.15) is 0 Å². The summed E-state index contributed by atoms with van der Waals surface area (Å²) in [7, 11) is 0. The van der Waals surface area contributed by atoms with Crippen molar-refractivity contribution in [1.29, 1.82) is 0 Å². The van der Waals surface area contributed by atoms with Crippen LogP contribution in [0, 0.1) is 5.92 Å². The lowest BCUT2D eigenvalue weighted by Gasteiger charge is -2.16. The second-order valence-corrected chi connectivity index (χ2v) is 5.04. The van der Waals surface area contributed by atoms with Crippen LogP contribution >= 0.6 is 0 Å². The van der Waals surface area contributed by atoms with Gasteiger partial charge in [-0.1, -0.05) is 26.0 Å². The molecule has 1 N–H and O–H groups in total. The fraction of sp³-hybridized carbons (Fsp3) is 0.500. The quantitative estimate of drug-likeness (QED) is 0.857. The number of hydrogen-bond acceptors (Lipinski definition) is 2. The predicted molar refractivity (Wildman–Crippen MR) is 72.2 cm³/mol. The zero-order chi connectivity index (χ0) is 12.3. The van der Waals surface area contributed by atoms with E-state index in [0.717, 1.165) is 18.6 Å². The maximum atomic E-state index is 4.42. The van der Waals surface area contributed by atoms with Crippen molar-refractivity contribution in [3.05, 3.63) is 30.6 Å². The monoisotopic (exact) mass is 231 g/mol. The first kappa shape index (κ1) is 12.1. The minimum absolute atomic E-state index is 0.432. The van der Waals surface area contributed by atoms with E-state index in [1.165, 1.54) is 5.52 Å². The van der Waals surface area contributed by atoms with Crippen LogP contribution in [0.1, 0.15) is 26.8 Å². The number of hydrogen-bond donors (Lipinski definition) is 1. The van der Waals surface area contributed by atoms with Gasteiger partial charge in [0, 0.05) is 12.6 Å². The molecule has 0 saturated carbocycles. The van der Waals surface area contributed by atoms with Crippen molar-refractivity contribution >= 4 is 11.0 Å². The van der Waals surface area contributed by atoms with E-state index in [2.05, 4.69) is 53.8 Å². The van der Waals surface area contributed by atoms with E-state index >= 15 is 0 Å². The van der Waals surface area contributed by atoms with E-state index in [1.54, 1.807) is 0 Å². The van der Waals surface area contributed by atoms with Gasteiger partial charge in [0.15, 0.2) is 0 Å². The highest BCUT2D eigenvalue weighted by atomic mass is 15.1. The molecular formula is C14H21N3. The van der Waals surface area contributed by atoms with Gasteiger partial charge in [-0.05, 0) is 31.5 Å². The second kappa shape index (κ2) is 5.32. The van der Waals surface area contributed by atoms with Gasteiger partial charge < -0.3 is 9.88 Å². The average Bonchev–Trinajstić information content (AvgIpc) is 2.72. The van der Waals surface area contributed by atoms with Crippen LogP contribution in [0.15, 0.2) is 30.6 Å². The molecule has 1 aromatic carbocycles. The van der Waals surface area contributed by atoms with E-state index in [-0.39, 0.29) is 0 Å². The van der Waals surface area contributed by atoms with Crippen LogP contribution in [-0.2, 0) is 0 Å². The number of imidazole rings is 1. The smallest absolute Gasteiger partial charge is 0.0961 e. The van der Waals surface area contributed by atoms with E-state index < -0.39 is 0 Å². The largest absolute Gasteiger partial charge is 0.326 e. The first-order valence-electron chi connectivity index (χ1n) is 6.30. The number of aromatic nitrogens is 2. The van der Waals surface area contributed by atoms with Crippen LogP contribution in [0.4, 0.5) is 0 Å². The van der Waals surface area contributed by atoms with Crippen LogP contribution in [0.2, 0.25) is 0 Å². The summed E-state index contributed by atoms with van der Waals surface area (Å²) in [6.45, 7) is 8.73. The maximum Gasteiger partial charge on any atom is 0.0961 e. The Bertz CT molecular complexity index is 473. The third kappa shape index (κ3) is 2.86. The topological polar surface area (TPSA) is 29.9 Å². The van der Waals surface area contributed by atoms with Crippen LogP contribution in [0.5, 0.6) is 0 Å².